The minimum absolute atomic E-state index is 0.0167. The van der Waals surface area contributed by atoms with Gasteiger partial charge in [-0.15, -0.1) is 0 Å². The van der Waals surface area contributed by atoms with Gasteiger partial charge in [-0.2, -0.15) is 4.98 Å². The number of hydrogen-bond donors (Lipinski definition) is 0. The number of ether oxygens (including phenoxy) is 2. The van der Waals surface area contributed by atoms with Crippen LogP contribution in [0.3, 0.4) is 0 Å². The van der Waals surface area contributed by atoms with Gasteiger partial charge in [-0.1, -0.05) is 0 Å². The molecule has 1 aromatic heterocycles. The average Bonchev–Trinajstić information content (AvgIpc) is 2.68. The number of nitrogens with zero attached hydrogens (tertiary/aromatic N) is 4. The van der Waals surface area contributed by atoms with Crippen molar-refractivity contribution in [1.29, 1.82) is 0 Å². The van der Waals surface area contributed by atoms with Gasteiger partial charge >= 0.3 is 0 Å². The maximum atomic E-state index is 12.8. The predicted octanol–water partition coefficient (Wildman–Crippen LogP) is 2.22. The highest BCUT2D eigenvalue weighted by Gasteiger charge is 2.25. The predicted molar refractivity (Wildman–Crippen MR) is 97.4 cm³/mol. The van der Waals surface area contributed by atoms with Crippen LogP contribution in [0.5, 0.6) is 11.6 Å². The summed E-state index contributed by atoms with van der Waals surface area (Å²) >= 11 is 3.44. The molecule has 0 radical (unpaired) electrons. The molecule has 2 heterocycles. The zero-order valence-electron chi connectivity index (χ0n) is 14.1. The molecule has 0 N–H and O–H groups in total. The molecule has 0 saturated carbocycles. The fraction of sp³-hybridized carbons (Fsp3) is 0.353. The van der Waals surface area contributed by atoms with Gasteiger partial charge < -0.3 is 19.3 Å². The number of rotatable bonds is 4. The Hall–Kier alpha value is -2.35. The summed E-state index contributed by atoms with van der Waals surface area (Å²) in [6.45, 7) is 2.53. The Balaban J connectivity index is 1.68. The first-order valence-electron chi connectivity index (χ1n) is 7.87. The molecule has 0 atom stereocenters. The lowest BCUT2D eigenvalue weighted by molar-refractivity contribution is 0.0745. The Morgan fingerprint density at radius 2 is 1.88 bits per heavy atom. The lowest BCUT2D eigenvalue weighted by atomic mass is 10.1. The summed E-state index contributed by atoms with van der Waals surface area (Å²) in [5.74, 6) is 1.80. The molecule has 1 amide bonds. The maximum Gasteiger partial charge on any atom is 0.255 e. The minimum Gasteiger partial charge on any atom is -0.497 e. The second-order valence-electron chi connectivity index (χ2n) is 5.52. The molecular weight excluding hydrogens is 388 g/mol. The van der Waals surface area contributed by atoms with Crippen LogP contribution in [-0.4, -0.2) is 61.2 Å². The molecule has 1 fully saturated rings. The number of anilines is 1. The summed E-state index contributed by atoms with van der Waals surface area (Å²) in [5, 5.41) is 0. The van der Waals surface area contributed by atoms with Gasteiger partial charge in [0, 0.05) is 42.9 Å². The number of methoxy groups -OCH3 is 2. The van der Waals surface area contributed by atoms with E-state index in [9.17, 15) is 4.79 Å². The van der Waals surface area contributed by atoms with E-state index in [0.717, 1.165) is 4.47 Å². The number of carbonyl (C=O) groups is 1. The van der Waals surface area contributed by atoms with E-state index in [2.05, 4.69) is 25.9 Å². The van der Waals surface area contributed by atoms with Crippen LogP contribution < -0.4 is 14.4 Å². The van der Waals surface area contributed by atoms with Crippen LogP contribution in [0, 0.1) is 0 Å². The van der Waals surface area contributed by atoms with Gasteiger partial charge in [-0.05, 0) is 34.1 Å². The molecule has 1 saturated heterocycles. The molecule has 0 bridgehead atoms. The molecule has 2 aromatic rings. The molecule has 0 unspecified atom stereocenters. The largest absolute Gasteiger partial charge is 0.497 e. The van der Waals surface area contributed by atoms with Gasteiger partial charge in [0.05, 0.1) is 19.8 Å². The first-order valence-corrected chi connectivity index (χ1v) is 8.66. The Morgan fingerprint density at radius 3 is 2.56 bits per heavy atom. The van der Waals surface area contributed by atoms with Gasteiger partial charge in [-0.25, -0.2) is 4.98 Å². The molecule has 132 valence electrons. The van der Waals surface area contributed by atoms with E-state index in [1.54, 1.807) is 32.5 Å². The summed E-state index contributed by atoms with van der Waals surface area (Å²) in [4.78, 5) is 25.3. The third kappa shape index (κ3) is 3.84. The molecule has 25 heavy (non-hydrogen) atoms. The van der Waals surface area contributed by atoms with Gasteiger partial charge in [0.1, 0.15) is 5.75 Å². The zero-order chi connectivity index (χ0) is 17.8. The fourth-order valence-electron chi connectivity index (χ4n) is 2.67. The first kappa shape index (κ1) is 17.5. The van der Waals surface area contributed by atoms with Gasteiger partial charge in [0.2, 0.25) is 11.8 Å². The number of amides is 1. The summed E-state index contributed by atoms with van der Waals surface area (Å²) in [6.07, 6.45) is 1.67. The third-order valence-corrected chi connectivity index (χ3v) is 4.77. The zero-order valence-corrected chi connectivity index (χ0v) is 15.7. The summed E-state index contributed by atoms with van der Waals surface area (Å²) in [7, 11) is 3.17. The van der Waals surface area contributed by atoms with E-state index in [4.69, 9.17) is 9.47 Å². The third-order valence-electron chi connectivity index (χ3n) is 4.08. The Bertz CT molecular complexity index is 763. The van der Waals surface area contributed by atoms with Crippen molar-refractivity contribution in [3.63, 3.8) is 0 Å². The molecule has 1 aliphatic heterocycles. The van der Waals surface area contributed by atoms with Crippen molar-refractivity contribution >= 4 is 27.8 Å². The van der Waals surface area contributed by atoms with Crippen molar-refractivity contribution in [1.82, 2.24) is 14.9 Å². The normalized spacial score (nSPS) is 14.4. The highest BCUT2D eigenvalue weighted by atomic mass is 79.9. The molecular formula is C17H19BrN4O3. The summed E-state index contributed by atoms with van der Waals surface area (Å²) in [5.41, 5.74) is 0.602. The van der Waals surface area contributed by atoms with E-state index in [1.165, 1.54) is 0 Å². The Labute approximate surface area is 154 Å². The highest BCUT2D eigenvalue weighted by Crippen LogP contribution is 2.24. The van der Waals surface area contributed by atoms with E-state index in [1.807, 2.05) is 21.9 Å². The second-order valence-corrected chi connectivity index (χ2v) is 6.38. The van der Waals surface area contributed by atoms with E-state index < -0.39 is 0 Å². The van der Waals surface area contributed by atoms with Crippen molar-refractivity contribution in [2.75, 3.05) is 45.3 Å². The molecule has 0 spiro atoms. The van der Waals surface area contributed by atoms with Crippen LogP contribution in [0.1, 0.15) is 10.4 Å². The second kappa shape index (κ2) is 7.69. The molecule has 1 aliphatic rings. The van der Waals surface area contributed by atoms with E-state index >= 15 is 0 Å². The summed E-state index contributed by atoms with van der Waals surface area (Å²) in [6, 6.07) is 7.11. The maximum absolute atomic E-state index is 12.8. The number of benzene rings is 1. The van der Waals surface area contributed by atoms with Gasteiger partial charge in [0.25, 0.3) is 5.91 Å². The van der Waals surface area contributed by atoms with Crippen LogP contribution >= 0.6 is 15.9 Å². The van der Waals surface area contributed by atoms with Crippen LogP contribution in [0.25, 0.3) is 0 Å². The summed E-state index contributed by atoms with van der Waals surface area (Å²) < 4.78 is 11.1. The smallest absolute Gasteiger partial charge is 0.255 e. The van der Waals surface area contributed by atoms with Crippen LogP contribution in [-0.2, 0) is 0 Å². The number of hydrogen-bond acceptors (Lipinski definition) is 6. The fourth-order valence-corrected chi connectivity index (χ4v) is 3.09. The minimum atomic E-state index is -0.0167. The Morgan fingerprint density at radius 1 is 1.12 bits per heavy atom. The van der Waals surface area contributed by atoms with Crippen molar-refractivity contribution in [3.05, 3.63) is 40.5 Å². The quantitative estimate of drug-likeness (QED) is 0.775. The molecule has 7 nitrogen and oxygen atoms in total. The average molecular weight is 407 g/mol. The topological polar surface area (TPSA) is 67.8 Å². The van der Waals surface area contributed by atoms with Crippen molar-refractivity contribution in [3.8, 4) is 11.6 Å². The van der Waals surface area contributed by atoms with Gasteiger partial charge in [0.15, 0.2) is 0 Å². The molecule has 0 aliphatic carbocycles. The van der Waals surface area contributed by atoms with Crippen LogP contribution in [0.2, 0.25) is 0 Å². The number of carbonyl (C=O) groups excluding carboxylic acids is 1. The standard InChI is InChI=1S/C17H19BrN4O3/c1-24-12-3-4-14(18)13(11-12)16(23)21-7-9-22(10-8-21)17-19-6-5-15(20-17)25-2/h3-6,11H,7-10H2,1-2H3. The first-order chi connectivity index (χ1) is 12.1. The number of aromatic nitrogens is 2. The molecule has 3 rings (SSSR count). The number of halogens is 1. The molecule has 1 aromatic carbocycles. The monoisotopic (exact) mass is 406 g/mol. The van der Waals surface area contributed by atoms with Crippen molar-refractivity contribution in [2.45, 2.75) is 0 Å². The van der Waals surface area contributed by atoms with E-state index in [-0.39, 0.29) is 5.91 Å². The van der Waals surface area contributed by atoms with Crippen LogP contribution in [0.15, 0.2) is 34.9 Å². The lowest BCUT2D eigenvalue weighted by Crippen LogP contribution is -2.49. The lowest BCUT2D eigenvalue weighted by Gasteiger charge is -2.35. The van der Waals surface area contributed by atoms with E-state index in [0.29, 0.717) is 49.3 Å². The van der Waals surface area contributed by atoms with Gasteiger partial charge in [-0.3, -0.25) is 4.79 Å². The highest BCUT2D eigenvalue weighted by molar-refractivity contribution is 9.10. The van der Waals surface area contributed by atoms with Crippen LogP contribution in [0.4, 0.5) is 5.95 Å². The molecule has 8 heteroatoms. The SMILES string of the molecule is COc1ccc(Br)c(C(=O)N2CCN(c3nccc(OC)n3)CC2)c1. The Kier molecular flexibility index (Phi) is 5.37. The number of piperazine rings is 1. The van der Waals surface area contributed by atoms with Crippen molar-refractivity contribution < 1.29 is 14.3 Å². The van der Waals surface area contributed by atoms with Crippen molar-refractivity contribution in [2.24, 2.45) is 0 Å².